The third-order valence-corrected chi connectivity index (χ3v) is 3.28. The fraction of sp³-hybridized carbons (Fsp3) is 0.500. The van der Waals surface area contributed by atoms with E-state index < -0.39 is 0 Å². The SMILES string of the molecule is CN(C)C(=O)c1ccccc1NC1CCCC1. The Bertz CT molecular complexity index is 395. The van der Waals surface area contributed by atoms with Gasteiger partial charge < -0.3 is 10.2 Å². The van der Waals surface area contributed by atoms with E-state index >= 15 is 0 Å². The first-order valence-electron chi connectivity index (χ1n) is 6.25. The minimum Gasteiger partial charge on any atom is -0.382 e. The molecule has 0 heterocycles. The number of nitrogens with zero attached hydrogens (tertiary/aromatic N) is 1. The van der Waals surface area contributed by atoms with Gasteiger partial charge in [0.2, 0.25) is 0 Å². The maximum absolute atomic E-state index is 12.0. The molecule has 1 aromatic carbocycles. The van der Waals surface area contributed by atoms with E-state index in [1.165, 1.54) is 25.7 Å². The van der Waals surface area contributed by atoms with Crippen molar-refractivity contribution in [1.29, 1.82) is 0 Å². The van der Waals surface area contributed by atoms with E-state index in [4.69, 9.17) is 0 Å². The molecule has 2 rings (SSSR count). The summed E-state index contributed by atoms with van der Waals surface area (Å²) in [6, 6.07) is 8.31. The lowest BCUT2D eigenvalue weighted by Gasteiger charge is -2.18. The molecule has 0 unspecified atom stereocenters. The van der Waals surface area contributed by atoms with Crippen LogP contribution in [-0.2, 0) is 0 Å². The molecule has 0 atom stereocenters. The van der Waals surface area contributed by atoms with Crippen LogP contribution in [0.3, 0.4) is 0 Å². The van der Waals surface area contributed by atoms with Gasteiger partial charge in [0.1, 0.15) is 0 Å². The van der Waals surface area contributed by atoms with Gasteiger partial charge in [-0.3, -0.25) is 4.79 Å². The second-order valence-corrected chi connectivity index (χ2v) is 4.87. The van der Waals surface area contributed by atoms with E-state index in [2.05, 4.69) is 5.32 Å². The van der Waals surface area contributed by atoms with E-state index in [1.54, 1.807) is 19.0 Å². The molecule has 0 saturated heterocycles. The van der Waals surface area contributed by atoms with Gasteiger partial charge in [0, 0.05) is 25.8 Å². The van der Waals surface area contributed by atoms with E-state index in [1.807, 2.05) is 24.3 Å². The Kier molecular flexibility index (Phi) is 3.67. The summed E-state index contributed by atoms with van der Waals surface area (Å²) in [7, 11) is 3.57. The molecule has 0 bridgehead atoms. The summed E-state index contributed by atoms with van der Waals surface area (Å²) >= 11 is 0. The molecule has 0 radical (unpaired) electrons. The van der Waals surface area contributed by atoms with Gasteiger partial charge >= 0.3 is 0 Å². The van der Waals surface area contributed by atoms with Crippen molar-refractivity contribution in [1.82, 2.24) is 4.90 Å². The maximum atomic E-state index is 12.0. The predicted octanol–water partition coefficient (Wildman–Crippen LogP) is 2.74. The summed E-state index contributed by atoms with van der Waals surface area (Å²) < 4.78 is 0. The largest absolute Gasteiger partial charge is 0.382 e. The van der Waals surface area contributed by atoms with Crippen LogP contribution in [0, 0.1) is 0 Å². The van der Waals surface area contributed by atoms with Crippen molar-refractivity contribution in [3.8, 4) is 0 Å². The van der Waals surface area contributed by atoms with E-state index in [-0.39, 0.29) is 5.91 Å². The molecule has 1 fully saturated rings. The summed E-state index contributed by atoms with van der Waals surface area (Å²) in [6.07, 6.45) is 5.01. The van der Waals surface area contributed by atoms with E-state index in [0.29, 0.717) is 6.04 Å². The molecule has 3 nitrogen and oxygen atoms in total. The fourth-order valence-electron chi connectivity index (χ4n) is 2.33. The highest BCUT2D eigenvalue weighted by Crippen LogP contribution is 2.24. The van der Waals surface area contributed by atoms with Crippen molar-refractivity contribution in [3.05, 3.63) is 29.8 Å². The normalized spacial score (nSPS) is 15.9. The Balaban J connectivity index is 2.17. The van der Waals surface area contributed by atoms with Crippen LogP contribution in [0.1, 0.15) is 36.0 Å². The Hall–Kier alpha value is -1.51. The van der Waals surface area contributed by atoms with Gasteiger partial charge in [-0.25, -0.2) is 0 Å². The van der Waals surface area contributed by atoms with Gasteiger partial charge in [0.15, 0.2) is 0 Å². The molecule has 1 aliphatic rings. The summed E-state index contributed by atoms with van der Waals surface area (Å²) in [5.74, 6) is 0.0612. The van der Waals surface area contributed by atoms with Gasteiger partial charge in [-0.05, 0) is 25.0 Å². The number of anilines is 1. The molecule has 0 spiro atoms. The van der Waals surface area contributed by atoms with E-state index in [0.717, 1.165) is 11.3 Å². The number of rotatable bonds is 3. The second-order valence-electron chi connectivity index (χ2n) is 4.87. The van der Waals surface area contributed by atoms with Crippen LogP contribution in [0.5, 0.6) is 0 Å². The summed E-state index contributed by atoms with van der Waals surface area (Å²) in [6.45, 7) is 0. The second kappa shape index (κ2) is 5.21. The average molecular weight is 232 g/mol. The molecule has 0 aromatic heterocycles. The van der Waals surface area contributed by atoms with Gasteiger partial charge in [-0.15, -0.1) is 0 Å². The van der Waals surface area contributed by atoms with Crippen LogP contribution in [0.4, 0.5) is 5.69 Å². The first-order valence-corrected chi connectivity index (χ1v) is 6.25. The molecule has 92 valence electrons. The summed E-state index contributed by atoms with van der Waals surface area (Å²) in [5.41, 5.74) is 1.74. The third-order valence-electron chi connectivity index (χ3n) is 3.28. The lowest BCUT2D eigenvalue weighted by Crippen LogP contribution is -2.24. The number of amides is 1. The lowest BCUT2D eigenvalue weighted by molar-refractivity contribution is 0.0828. The highest BCUT2D eigenvalue weighted by atomic mass is 16.2. The van der Waals surface area contributed by atoms with Crippen LogP contribution >= 0.6 is 0 Å². The minimum absolute atomic E-state index is 0.0612. The Labute approximate surface area is 103 Å². The number of hydrogen-bond acceptors (Lipinski definition) is 2. The molecular weight excluding hydrogens is 212 g/mol. The van der Waals surface area contributed by atoms with E-state index in [9.17, 15) is 4.79 Å². The Morgan fingerprint density at radius 2 is 1.88 bits per heavy atom. The smallest absolute Gasteiger partial charge is 0.255 e. The van der Waals surface area contributed by atoms with Gasteiger partial charge in [0.05, 0.1) is 5.56 Å². The maximum Gasteiger partial charge on any atom is 0.255 e. The van der Waals surface area contributed by atoms with Crippen LogP contribution in [0.15, 0.2) is 24.3 Å². The number of carbonyl (C=O) groups excluding carboxylic acids is 1. The number of para-hydroxylation sites is 1. The number of carbonyl (C=O) groups is 1. The zero-order valence-corrected chi connectivity index (χ0v) is 10.6. The highest BCUT2D eigenvalue weighted by Gasteiger charge is 2.18. The molecule has 1 saturated carbocycles. The summed E-state index contributed by atoms with van der Waals surface area (Å²) in [4.78, 5) is 13.6. The lowest BCUT2D eigenvalue weighted by atomic mass is 10.1. The number of hydrogen-bond donors (Lipinski definition) is 1. The van der Waals surface area contributed by atoms with Crippen molar-refractivity contribution >= 4 is 11.6 Å². The Morgan fingerprint density at radius 1 is 1.24 bits per heavy atom. The predicted molar refractivity (Wildman–Crippen MR) is 70.3 cm³/mol. The van der Waals surface area contributed by atoms with Crippen LogP contribution in [0.2, 0.25) is 0 Å². The van der Waals surface area contributed by atoms with Crippen molar-refractivity contribution < 1.29 is 4.79 Å². The highest BCUT2D eigenvalue weighted by molar-refractivity contribution is 5.99. The molecule has 1 aliphatic carbocycles. The fourth-order valence-corrected chi connectivity index (χ4v) is 2.33. The third kappa shape index (κ3) is 2.78. The molecule has 0 aliphatic heterocycles. The quantitative estimate of drug-likeness (QED) is 0.869. The first-order chi connectivity index (χ1) is 8.18. The van der Waals surface area contributed by atoms with Crippen molar-refractivity contribution in [2.75, 3.05) is 19.4 Å². The van der Waals surface area contributed by atoms with Crippen LogP contribution in [0.25, 0.3) is 0 Å². The van der Waals surface area contributed by atoms with Crippen LogP contribution in [-0.4, -0.2) is 30.9 Å². The minimum atomic E-state index is 0.0612. The molecule has 17 heavy (non-hydrogen) atoms. The first kappa shape index (κ1) is 12.0. The summed E-state index contributed by atoms with van der Waals surface area (Å²) in [5, 5.41) is 3.50. The average Bonchev–Trinajstić information content (AvgIpc) is 2.81. The van der Waals surface area contributed by atoms with Gasteiger partial charge in [-0.2, -0.15) is 0 Å². The van der Waals surface area contributed by atoms with Crippen molar-refractivity contribution in [2.45, 2.75) is 31.7 Å². The molecule has 1 amide bonds. The molecular formula is C14H20N2O. The standard InChI is InChI=1S/C14H20N2O/c1-16(2)14(17)12-9-5-6-10-13(12)15-11-7-3-4-8-11/h5-6,9-11,15H,3-4,7-8H2,1-2H3. The van der Waals surface area contributed by atoms with Crippen LogP contribution < -0.4 is 5.32 Å². The zero-order valence-electron chi connectivity index (χ0n) is 10.6. The van der Waals surface area contributed by atoms with Gasteiger partial charge in [-0.1, -0.05) is 25.0 Å². The molecule has 1 N–H and O–H groups in total. The Morgan fingerprint density at radius 3 is 2.53 bits per heavy atom. The number of nitrogens with one attached hydrogen (secondary N) is 1. The zero-order chi connectivity index (χ0) is 12.3. The molecule has 1 aromatic rings. The van der Waals surface area contributed by atoms with Crippen molar-refractivity contribution in [3.63, 3.8) is 0 Å². The van der Waals surface area contributed by atoms with Gasteiger partial charge in [0.25, 0.3) is 5.91 Å². The monoisotopic (exact) mass is 232 g/mol. The van der Waals surface area contributed by atoms with Crippen molar-refractivity contribution in [2.24, 2.45) is 0 Å². The number of benzene rings is 1. The topological polar surface area (TPSA) is 32.3 Å². The molecule has 3 heteroatoms.